The number of nitrogens with one attached hydrogen (secondary N) is 2. The number of hydrogen-bond acceptors (Lipinski definition) is 2. The number of rotatable bonds is 6. The molecule has 1 aliphatic heterocycles. The van der Waals surface area contributed by atoms with Crippen LogP contribution in [0.25, 0.3) is 0 Å². The van der Waals surface area contributed by atoms with Crippen LogP contribution in [0, 0.1) is 0 Å². The first-order valence-electron chi connectivity index (χ1n) is 9.57. The van der Waals surface area contributed by atoms with Gasteiger partial charge in [0, 0.05) is 33.2 Å². The van der Waals surface area contributed by atoms with Crippen molar-refractivity contribution in [2.75, 3.05) is 26.7 Å². The molecule has 0 bridgehead atoms. The quantitative estimate of drug-likeness (QED) is 0.477. The molecule has 2 aromatic carbocycles. The van der Waals surface area contributed by atoms with Crippen LogP contribution in [0.4, 0.5) is 0 Å². The Morgan fingerprint density at radius 2 is 1.81 bits per heavy atom. The van der Waals surface area contributed by atoms with Crippen LogP contribution >= 0.6 is 0 Å². The first-order chi connectivity index (χ1) is 12.8. The van der Waals surface area contributed by atoms with Gasteiger partial charge in [-0.15, -0.1) is 0 Å². The molecule has 0 aromatic heterocycles. The van der Waals surface area contributed by atoms with Crippen molar-refractivity contribution < 1.29 is 0 Å². The molecule has 0 saturated carbocycles. The maximum atomic E-state index is 4.35. The highest BCUT2D eigenvalue weighted by molar-refractivity contribution is 5.80. The van der Waals surface area contributed by atoms with E-state index in [1.165, 1.54) is 23.1 Å². The monoisotopic (exact) mass is 350 g/mol. The summed E-state index contributed by atoms with van der Waals surface area (Å²) in [5, 5.41) is 6.90. The van der Waals surface area contributed by atoms with E-state index in [9.17, 15) is 0 Å². The standard InChI is InChI=1S/C22H30N4/c1-18(19-9-4-3-5-10-19)25-22(23-2)24-14-8-15-26-16-13-20-11-6-7-12-21(20)17-26/h3-7,9-12,18H,8,13-17H2,1-2H3,(H2,23,24,25). The Morgan fingerprint density at radius 1 is 1.08 bits per heavy atom. The van der Waals surface area contributed by atoms with E-state index in [-0.39, 0.29) is 6.04 Å². The van der Waals surface area contributed by atoms with E-state index < -0.39 is 0 Å². The summed E-state index contributed by atoms with van der Waals surface area (Å²) in [6.07, 6.45) is 2.28. The van der Waals surface area contributed by atoms with Crippen molar-refractivity contribution in [2.24, 2.45) is 4.99 Å². The summed E-state index contributed by atoms with van der Waals surface area (Å²) in [6.45, 7) is 6.45. The molecule has 26 heavy (non-hydrogen) atoms. The van der Waals surface area contributed by atoms with Gasteiger partial charge in [0.1, 0.15) is 0 Å². The van der Waals surface area contributed by atoms with Gasteiger partial charge < -0.3 is 10.6 Å². The van der Waals surface area contributed by atoms with Gasteiger partial charge in [0.15, 0.2) is 5.96 Å². The first kappa shape index (κ1) is 18.5. The highest BCUT2D eigenvalue weighted by atomic mass is 15.2. The topological polar surface area (TPSA) is 39.7 Å². The molecule has 0 saturated heterocycles. The molecule has 0 radical (unpaired) electrons. The zero-order chi connectivity index (χ0) is 18.2. The predicted octanol–water partition coefficient (Wildman–Crippen LogP) is 3.36. The van der Waals surface area contributed by atoms with Crippen molar-refractivity contribution >= 4 is 5.96 Å². The number of guanidine groups is 1. The average molecular weight is 351 g/mol. The van der Waals surface area contributed by atoms with Crippen LogP contribution in [0.2, 0.25) is 0 Å². The van der Waals surface area contributed by atoms with Gasteiger partial charge in [-0.05, 0) is 36.5 Å². The van der Waals surface area contributed by atoms with Gasteiger partial charge in [-0.3, -0.25) is 9.89 Å². The zero-order valence-corrected chi connectivity index (χ0v) is 15.9. The molecule has 3 rings (SSSR count). The molecule has 1 heterocycles. The minimum Gasteiger partial charge on any atom is -0.356 e. The minimum atomic E-state index is 0.237. The molecule has 4 heteroatoms. The summed E-state index contributed by atoms with van der Waals surface area (Å²) in [7, 11) is 1.83. The molecule has 138 valence electrons. The fraction of sp³-hybridized carbons (Fsp3) is 0.409. The number of fused-ring (bicyclic) bond motifs is 1. The Balaban J connectivity index is 1.39. The maximum Gasteiger partial charge on any atom is 0.191 e. The van der Waals surface area contributed by atoms with E-state index in [2.05, 4.69) is 76.0 Å². The molecule has 0 aliphatic carbocycles. The Labute approximate surface area is 157 Å². The lowest BCUT2D eigenvalue weighted by Crippen LogP contribution is -2.40. The van der Waals surface area contributed by atoms with Crippen molar-refractivity contribution in [3.8, 4) is 0 Å². The van der Waals surface area contributed by atoms with Crippen LogP contribution in [-0.2, 0) is 13.0 Å². The Kier molecular flexibility index (Phi) is 6.67. The normalized spacial score (nSPS) is 16.0. The molecular formula is C22H30N4. The smallest absolute Gasteiger partial charge is 0.191 e. The lowest BCUT2D eigenvalue weighted by molar-refractivity contribution is 0.251. The van der Waals surface area contributed by atoms with E-state index in [4.69, 9.17) is 0 Å². The summed E-state index contributed by atoms with van der Waals surface area (Å²) in [6, 6.07) is 19.5. The average Bonchev–Trinajstić information content (AvgIpc) is 2.70. The van der Waals surface area contributed by atoms with Crippen LogP contribution in [0.15, 0.2) is 59.6 Å². The third-order valence-electron chi connectivity index (χ3n) is 5.03. The molecule has 0 fully saturated rings. The third-order valence-corrected chi connectivity index (χ3v) is 5.03. The van der Waals surface area contributed by atoms with Crippen molar-refractivity contribution in [3.05, 3.63) is 71.3 Å². The fourth-order valence-electron chi connectivity index (χ4n) is 3.48. The summed E-state index contributed by atoms with van der Waals surface area (Å²) in [5.74, 6) is 0.866. The van der Waals surface area contributed by atoms with Crippen LogP contribution in [0.5, 0.6) is 0 Å². The van der Waals surface area contributed by atoms with Gasteiger partial charge in [0.25, 0.3) is 0 Å². The molecular weight excluding hydrogens is 320 g/mol. The van der Waals surface area contributed by atoms with E-state index in [1.807, 2.05) is 13.1 Å². The molecule has 0 spiro atoms. The van der Waals surface area contributed by atoms with Gasteiger partial charge in [-0.1, -0.05) is 54.6 Å². The van der Waals surface area contributed by atoms with Crippen molar-refractivity contribution in [1.82, 2.24) is 15.5 Å². The van der Waals surface area contributed by atoms with E-state index in [0.717, 1.165) is 38.6 Å². The second-order valence-electron chi connectivity index (χ2n) is 6.92. The highest BCUT2D eigenvalue weighted by Crippen LogP contribution is 2.18. The molecule has 1 atom stereocenters. The molecule has 2 N–H and O–H groups in total. The molecule has 2 aromatic rings. The third kappa shape index (κ3) is 5.09. The fourth-order valence-corrected chi connectivity index (χ4v) is 3.48. The van der Waals surface area contributed by atoms with Crippen LogP contribution in [0.3, 0.4) is 0 Å². The second kappa shape index (κ2) is 9.39. The van der Waals surface area contributed by atoms with E-state index in [1.54, 1.807) is 0 Å². The van der Waals surface area contributed by atoms with Crippen molar-refractivity contribution in [1.29, 1.82) is 0 Å². The number of aliphatic imine (C=N–C) groups is 1. The van der Waals surface area contributed by atoms with Crippen molar-refractivity contribution in [2.45, 2.75) is 32.4 Å². The molecule has 1 aliphatic rings. The van der Waals surface area contributed by atoms with E-state index in [0.29, 0.717) is 0 Å². The Hall–Kier alpha value is -2.33. The molecule has 4 nitrogen and oxygen atoms in total. The summed E-state index contributed by atoms with van der Waals surface area (Å²) >= 11 is 0. The summed E-state index contributed by atoms with van der Waals surface area (Å²) < 4.78 is 0. The van der Waals surface area contributed by atoms with Crippen LogP contribution in [0.1, 0.15) is 36.1 Å². The van der Waals surface area contributed by atoms with Gasteiger partial charge in [0.05, 0.1) is 6.04 Å². The van der Waals surface area contributed by atoms with Gasteiger partial charge in [0.2, 0.25) is 0 Å². The zero-order valence-electron chi connectivity index (χ0n) is 15.9. The minimum absolute atomic E-state index is 0.237. The lowest BCUT2D eigenvalue weighted by Gasteiger charge is -2.28. The number of benzene rings is 2. The van der Waals surface area contributed by atoms with Gasteiger partial charge in [-0.25, -0.2) is 0 Å². The van der Waals surface area contributed by atoms with Gasteiger partial charge in [-0.2, -0.15) is 0 Å². The van der Waals surface area contributed by atoms with Crippen molar-refractivity contribution in [3.63, 3.8) is 0 Å². The number of hydrogen-bond donors (Lipinski definition) is 2. The van der Waals surface area contributed by atoms with E-state index >= 15 is 0 Å². The van der Waals surface area contributed by atoms with Crippen LogP contribution < -0.4 is 10.6 Å². The highest BCUT2D eigenvalue weighted by Gasteiger charge is 2.15. The maximum absolute atomic E-state index is 4.35. The Bertz CT molecular complexity index is 711. The molecule has 0 amide bonds. The first-order valence-corrected chi connectivity index (χ1v) is 9.57. The number of nitrogens with zero attached hydrogens (tertiary/aromatic N) is 2. The lowest BCUT2D eigenvalue weighted by atomic mass is 10.00. The molecule has 1 unspecified atom stereocenters. The van der Waals surface area contributed by atoms with Crippen LogP contribution in [-0.4, -0.2) is 37.5 Å². The Morgan fingerprint density at radius 3 is 2.58 bits per heavy atom. The largest absolute Gasteiger partial charge is 0.356 e. The van der Waals surface area contributed by atoms with Gasteiger partial charge >= 0.3 is 0 Å². The SMILES string of the molecule is CN=C(NCCCN1CCc2ccccc2C1)NC(C)c1ccccc1. The second-order valence-corrected chi connectivity index (χ2v) is 6.92. The summed E-state index contributed by atoms with van der Waals surface area (Å²) in [4.78, 5) is 6.90. The summed E-state index contributed by atoms with van der Waals surface area (Å²) in [5.41, 5.74) is 4.27. The predicted molar refractivity (Wildman–Crippen MR) is 109 cm³/mol.